The molecule has 0 amide bonds. The van der Waals surface area contributed by atoms with Gasteiger partial charge in [0.05, 0.1) is 13.2 Å². The number of thiophene rings is 1. The van der Waals surface area contributed by atoms with Crippen molar-refractivity contribution in [3.05, 3.63) is 45.5 Å². The van der Waals surface area contributed by atoms with E-state index < -0.39 is 5.97 Å². The molecule has 0 aliphatic rings. The van der Waals surface area contributed by atoms with Gasteiger partial charge in [0.2, 0.25) is 5.76 Å². The summed E-state index contributed by atoms with van der Waals surface area (Å²) in [5.74, 6) is 0.506. The molecule has 2 rings (SSSR count). The smallest absolute Gasteiger partial charge is 0.373 e. The molecular weight excluding hydrogens is 274 g/mol. The summed E-state index contributed by atoms with van der Waals surface area (Å²) in [7, 11) is 1.34. The molecule has 0 saturated heterocycles. The number of furan rings is 1. The maximum atomic E-state index is 11.4. The summed E-state index contributed by atoms with van der Waals surface area (Å²) in [5, 5.41) is 3.46. The first-order valence-electron chi connectivity index (χ1n) is 6.51. The minimum atomic E-state index is -0.453. The van der Waals surface area contributed by atoms with Crippen molar-refractivity contribution in [3.63, 3.8) is 0 Å². The van der Waals surface area contributed by atoms with Crippen LogP contribution in [-0.2, 0) is 4.74 Å². The highest BCUT2D eigenvalue weighted by atomic mass is 32.1. The number of hydrogen-bond acceptors (Lipinski definition) is 5. The van der Waals surface area contributed by atoms with Crippen LogP contribution in [0.2, 0.25) is 0 Å². The second-order valence-corrected chi connectivity index (χ2v) is 6.07. The van der Waals surface area contributed by atoms with E-state index >= 15 is 0 Å². The molecule has 0 fully saturated rings. The first kappa shape index (κ1) is 14.8. The van der Waals surface area contributed by atoms with Gasteiger partial charge in [0, 0.05) is 15.8 Å². The van der Waals surface area contributed by atoms with E-state index in [0.29, 0.717) is 0 Å². The van der Waals surface area contributed by atoms with Crippen molar-refractivity contribution < 1.29 is 13.9 Å². The standard InChI is InChI=1S/C15H19NO3S/c1-9-5-8-14(20-9)11(3)16-10(2)12-6-7-13(19-12)15(17)18-4/h5-8,10-11,16H,1-4H3. The van der Waals surface area contributed by atoms with Crippen LogP contribution in [0.4, 0.5) is 0 Å². The van der Waals surface area contributed by atoms with Gasteiger partial charge < -0.3 is 14.5 Å². The third-order valence-electron chi connectivity index (χ3n) is 3.13. The first-order valence-corrected chi connectivity index (χ1v) is 7.33. The molecule has 2 atom stereocenters. The van der Waals surface area contributed by atoms with Crippen LogP contribution in [0.1, 0.15) is 52.0 Å². The average molecular weight is 293 g/mol. The van der Waals surface area contributed by atoms with E-state index in [1.807, 2.05) is 6.92 Å². The van der Waals surface area contributed by atoms with E-state index in [-0.39, 0.29) is 17.8 Å². The molecule has 0 radical (unpaired) electrons. The Morgan fingerprint density at radius 3 is 2.60 bits per heavy atom. The molecular formula is C15H19NO3S. The molecule has 0 aliphatic carbocycles. The van der Waals surface area contributed by atoms with Crippen molar-refractivity contribution >= 4 is 17.3 Å². The van der Waals surface area contributed by atoms with Crippen LogP contribution >= 0.6 is 11.3 Å². The third kappa shape index (κ3) is 3.29. The quantitative estimate of drug-likeness (QED) is 0.851. The minimum Gasteiger partial charge on any atom is -0.463 e. The number of carbonyl (C=O) groups is 1. The third-order valence-corrected chi connectivity index (χ3v) is 4.31. The average Bonchev–Trinajstić information content (AvgIpc) is 3.06. The summed E-state index contributed by atoms with van der Waals surface area (Å²) in [6.07, 6.45) is 0. The number of ether oxygens (including phenoxy) is 1. The van der Waals surface area contributed by atoms with Gasteiger partial charge in [-0.15, -0.1) is 11.3 Å². The molecule has 20 heavy (non-hydrogen) atoms. The Bertz CT molecular complexity index is 587. The predicted octanol–water partition coefficient (Wildman–Crippen LogP) is 3.85. The van der Waals surface area contributed by atoms with E-state index in [2.05, 4.69) is 36.0 Å². The second-order valence-electron chi connectivity index (χ2n) is 4.75. The summed E-state index contributed by atoms with van der Waals surface area (Å²) < 4.78 is 10.1. The summed E-state index contributed by atoms with van der Waals surface area (Å²) in [5.41, 5.74) is 0. The van der Waals surface area contributed by atoms with E-state index in [0.717, 1.165) is 5.76 Å². The van der Waals surface area contributed by atoms with Crippen LogP contribution < -0.4 is 5.32 Å². The number of hydrogen-bond donors (Lipinski definition) is 1. The molecule has 5 heteroatoms. The van der Waals surface area contributed by atoms with Crippen molar-refractivity contribution in [2.75, 3.05) is 7.11 Å². The van der Waals surface area contributed by atoms with Crippen molar-refractivity contribution in [1.82, 2.24) is 5.32 Å². The normalized spacial score (nSPS) is 14.0. The van der Waals surface area contributed by atoms with Crippen LogP contribution in [0.15, 0.2) is 28.7 Å². The molecule has 0 aromatic carbocycles. The number of methoxy groups -OCH3 is 1. The summed E-state index contributed by atoms with van der Waals surface area (Å²) in [6, 6.07) is 7.94. The molecule has 1 N–H and O–H groups in total. The van der Waals surface area contributed by atoms with Gasteiger partial charge in [-0.3, -0.25) is 0 Å². The molecule has 0 spiro atoms. The summed E-state index contributed by atoms with van der Waals surface area (Å²) >= 11 is 1.78. The highest BCUT2D eigenvalue weighted by molar-refractivity contribution is 7.12. The van der Waals surface area contributed by atoms with Crippen LogP contribution in [-0.4, -0.2) is 13.1 Å². The zero-order chi connectivity index (χ0) is 14.7. The Morgan fingerprint density at radius 2 is 2.00 bits per heavy atom. The van der Waals surface area contributed by atoms with Crippen molar-refractivity contribution in [1.29, 1.82) is 0 Å². The van der Waals surface area contributed by atoms with Crippen LogP contribution in [0, 0.1) is 6.92 Å². The van der Waals surface area contributed by atoms with Crippen molar-refractivity contribution in [2.45, 2.75) is 32.9 Å². The molecule has 4 nitrogen and oxygen atoms in total. The van der Waals surface area contributed by atoms with E-state index in [1.54, 1.807) is 23.5 Å². The second kappa shape index (κ2) is 6.24. The fraction of sp³-hybridized carbons (Fsp3) is 0.400. The predicted molar refractivity (Wildman–Crippen MR) is 79.1 cm³/mol. The molecule has 2 aromatic rings. The van der Waals surface area contributed by atoms with Crippen LogP contribution in [0.5, 0.6) is 0 Å². The van der Waals surface area contributed by atoms with Gasteiger partial charge >= 0.3 is 5.97 Å². The van der Waals surface area contributed by atoms with Crippen LogP contribution in [0.3, 0.4) is 0 Å². The Hall–Kier alpha value is -1.59. The zero-order valence-corrected chi connectivity index (χ0v) is 12.9. The van der Waals surface area contributed by atoms with Gasteiger partial charge in [-0.05, 0) is 45.0 Å². The highest BCUT2D eigenvalue weighted by Gasteiger charge is 2.17. The lowest BCUT2D eigenvalue weighted by Gasteiger charge is -2.17. The Morgan fingerprint density at radius 1 is 1.25 bits per heavy atom. The number of carbonyl (C=O) groups excluding carboxylic acids is 1. The topological polar surface area (TPSA) is 51.5 Å². The SMILES string of the molecule is COC(=O)c1ccc(C(C)NC(C)c2ccc(C)s2)o1. The van der Waals surface area contributed by atoms with Gasteiger partial charge in [0.1, 0.15) is 5.76 Å². The largest absolute Gasteiger partial charge is 0.463 e. The lowest BCUT2D eigenvalue weighted by molar-refractivity contribution is 0.0562. The van der Waals surface area contributed by atoms with Gasteiger partial charge in [-0.2, -0.15) is 0 Å². The van der Waals surface area contributed by atoms with Gasteiger partial charge in [0.15, 0.2) is 0 Å². The Balaban J connectivity index is 2.02. The highest BCUT2D eigenvalue weighted by Crippen LogP contribution is 2.26. The lowest BCUT2D eigenvalue weighted by atomic mass is 10.2. The molecule has 108 valence electrons. The van der Waals surface area contributed by atoms with Gasteiger partial charge in [-0.25, -0.2) is 4.79 Å². The molecule has 2 heterocycles. The van der Waals surface area contributed by atoms with E-state index in [9.17, 15) is 4.79 Å². The number of aryl methyl sites for hydroxylation is 1. The monoisotopic (exact) mass is 293 g/mol. The first-order chi connectivity index (χ1) is 9.51. The molecule has 0 saturated carbocycles. The maximum absolute atomic E-state index is 11.4. The maximum Gasteiger partial charge on any atom is 0.373 e. The van der Waals surface area contributed by atoms with Crippen LogP contribution in [0.25, 0.3) is 0 Å². The number of esters is 1. The fourth-order valence-corrected chi connectivity index (χ4v) is 2.91. The zero-order valence-electron chi connectivity index (χ0n) is 12.1. The summed E-state index contributed by atoms with van der Waals surface area (Å²) in [6.45, 7) is 6.22. The molecule has 2 unspecified atom stereocenters. The minimum absolute atomic E-state index is 0.0193. The molecule has 0 aliphatic heterocycles. The summed E-state index contributed by atoms with van der Waals surface area (Å²) in [4.78, 5) is 13.9. The Kier molecular flexibility index (Phi) is 4.62. The number of nitrogens with one attached hydrogen (secondary N) is 1. The Labute approximate surface area is 122 Å². The van der Waals surface area contributed by atoms with E-state index in [4.69, 9.17) is 4.42 Å². The molecule has 0 bridgehead atoms. The van der Waals surface area contributed by atoms with Gasteiger partial charge in [-0.1, -0.05) is 0 Å². The lowest BCUT2D eigenvalue weighted by Crippen LogP contribution is -2.21. The molecule has 2 aromatic heterocycles. The fourth-order valence-electron chi connectivity index (χ4n) is 2.02. The van der Waals surface area contributed by atoms with E-state index in [1.165, 1.54) is 16.9 Å². The number of rotatable bonds is 5. The van der Waals surface area contributed by atoms with Crippen molar-refractivity contribution in [3.8, 4) is 0 Å². The van der Waals surface area contributed by atoms with Crippen molar-refractivity contribution in [2.24, 2.45) is 0 Å². The van der Waals surface area contributed by atoms with Gasteiger partial charge in [0.25, 0.3) is 0 Å².